The van der Waals surface area contributed by atoms with E-state index in [-0.39, 0.29) is 11.5 Å². The molecule has 0 aliphatic heterocycles. The van der Waals surface area contributed by atoms with Crippen LogP contribution in [0.1, 0.15) is 29.2 Å². The largest absolute Gasteiger partial charge is 0.477 e. The number of carbonyl (C=O) groups is 1. The quantitative estimate of drug-likeness (QED) is 0.699. The minimum Gasteiger partial charge on any atom is -0.477 e. The third-order valence-electron chi connectivity index (χ3n) is 2.52. The van der Waals surface area contributed by atoms with E-state index < -0.39 is 5.97 Å². The molecule has 0 aliphatic carbocycles. The van der Waals surface area contributed by atoms with Gasteiger partial charge in [0, 0.05) is 26.8 Å². The third-order valence-corrected chi connectivity index (χ3v) is 3.67. The van der Waals surface area contributed by atoms with Crippen molar-refractivity contribution in [1.29, 1.82) is 0 Å². The number of anilines is 1. The van der Waals surface area contributed by atoms with Gasteiger partial charge in [-0.25, -0.2) is 9.78 Å². The molecule has 6 nitrogen and oxygen atoms in total. The van der Waals surface area contributed by atoms with Crippen LogP contribution in [0.3, 0.4) is 0 Å². The van der Waals surface area contributed by atoms with Crippen LogP contribution in [-0.2, 0) is 16.1 Å². The van der Waals surface area contributed by atoms with Crippen molar-refractivity contribution in [2.24, 2.45) is 0 Å². The minimum absolute atomic E-state index is 0.209. The summed E-state index contributed by atoms with van der Waals surface area (Å²) in [5.74, 6) is -0.961. The molecule has 0 aromatic carbocycles. The van der Waals surface area contributed by atoms with Crippen LogP contribution in [-0.4, -0.2) is 49.5 Å². The number of rotatable bonds is 9. The lowest BCUT2D eigenvalue weighted by atomic mass is 10.4. The minimum atomic E-state index is -0.961. The van der Waals surface area contributed by atoms with Gasteiger partial charge in [0.05, 0.1) is 18.9 Å². The molecule has 0 radical (unpaired) electrons. The Morgan fingerprint density at radius 2 is 2.21 bits per heavy atom. The number of aromatic carboxylic acids is 1. The summed E-state index contributed by atoms with van der Waals surface area (Å²) < 4.78 is 10.3. The summed E-state index contributed by atoms with van der Waals surface area (Å²) in [4.78, 5) is 17.8. The first-order valence-electron chi connectivity index (χ1n) is 6.18. The lowest BCUT2D eigenvalue weighted by Gasteiger charge is -2.19. The molecule has 0 aliphatic rings. The molecule has 0 atom stereocenters. The molecule has 0 saturated heterocycles. The summed E-state index contributed by atoms with van der Waals surface area (Å²) in [7, 11) is 1.53. The molecule has 19 heavy (non-hydrogen) atoms. The Balaban J connectivity index is 2.85. The molecular formula is C12H20N2O4S. The summed E-state index contributed by atoms with van der Waals surface area (Å²) in [5.41, 5.74) is 0.477. The van der Waals surface area contributed by atoms with Gasteiger partial charge in [0.1, 0.15) is 4.88 Å². The average molecular weight is 288 g/mol. The second-order valence-electron chi connectivity index (χ2n) is 3.79. The van der Waals surface area contributed by atoms with Crippen molar-refractivity contribution in [2.45, 2.75) is 20.5 Å². The van der Waals surface area contributed by atoms with E-state index in [0.717, 1.165) is 6.54 Å². The Kier molecular flexibility index (Phi) is 6.75. The summed E-state index contributed by atoms with van der Waals surface area (Å²) >= 11 is 1.18. The smallest absolute Gasteiger partial charge is 0.347 e. The highest BCUT2D eigenvalue weighted by Gasteiger charge is 2.19. The summed E-state index contributed by atoms with van der Waals surface area (Å²) in [5, 5.41) is 9.85. The maximum Gasteiger partial charge on any atom is 0.347 e. The van der Waals surface area contributed by atoms with Crippen molar-refractivity contribution in [3.63, 3.8) is 0 Å². The van der Waals surface area contributed by atoms with Gasteiger partial charge in [0.2, 0.25) is 0 Å². The van der Waals surface area contributed by atoms with Gasteiger partial charge in [0.25, 0.3) is 0 Å². The van der Waals surface area contributed by atoms with Crippen LogP contribution in [0.25, 0.3) is 0 Å². The fourth-order valence-electron chi connectivity index (χ4n) is 1.58. The van der Waals surface area contributed by atoms with Gasteiger partial charge in [-0.3, -0.25) is 0 Å². The highest BCUT2D eigenvalue weighted by Crippen LogP contribution is 2.26. The number of methoxy groups -OCH3 is 1. The standard InChI is InChI=1S/C12H20N2O4S/c1-4-14(6-7-18-5-2)12-13-9(8-17-3)10(19-12)11(15)16/h4-8H2,1-3H3,(H,15,16). The fraction of sp³-hybridized carbons (Fsp3) is 0.667. The monoisotopic (exact) mass is 288 g/mol. The first-order valence-corrected chi connectivity index (χ1v) is 7.00. The molecule has 108 valence electrons. The van der Waals surface area contributed by atoms with Crippen molar-refractivity contribution >= 4 is 22.4 Å². The van der Waals surface area contributed by atoms with Gasteiger partial charge in [-0.05, 0) is 13.8 Å². The lowest BCUT2D eigenvalue weighted by molar-refractivity contribution is 0.0697. The SMILES string of the molecule is CCOCCN(CC)c1nc(COC)c(C(=O)O)s1. The number of likely N-dealkylation sites (N-methyl/N-ethyl adjacent to an activating group) is 1. The van der Waals surface area contributed by atoms with Crippen LogP contribution < -0.4 is 4.90 Å². The van der Waals surface area contributed by atoms with E-state index in [1.165, 1.54) is 18.4 Å². The van der Waals surface area contributed by atoms with Crippen LogP contribution in [0.4, 0.5) is 5.13 Å². The van der Waals surface area contributed by atoms with Crippen molar-refractivity contribution in [1.82, 2.24) is 4.98 Å². The van der Waals surface area contributed by atoms with Crippen LogP contribution in [0.15, 0.2) is 0 Å². The number of carboxylic acids is 1. The Bertz CT molecular complexity index is 408. The second kappa shape index (κ2) is 8.08. The van der Waals surface area contributed by atoms with Gasteiger partial charge in [-0.1, -0.05) is 11.3 Å². The molecule has 0 amide bonds. The predicted molar refractivity (Wildman–Crippen MR) is 74.2 cm³/mol. The van der Waals surface area contributed by atoms with Crippen LogP contribution >= 0.6 is 11.3 Å². The van der Waals surface area contributed by atoms with Crippen molar-refractivity contribution < 1.29 is 19.4 Å². The summed E-state index contributed by atoms with van der Waals surface area (Å²) in [6.07, 6.45) is 0. The molecule has 1 aromatic heterocycles. The Morgan fingerprint density at radius 1 is 1.47 bits per heavy atom. The molecule has 0 saturated carbocycles. The van der Waals surface area contributed by atoms with Gasteiger partial charge in [-0.2, -0.15) is 0 Å². The first kappa shape index (κ1) is 15.9. The number of ether oxygens (including phenoxy) is 2. The summed E-state index contributed by atoms with van der Waals surface area (Å²) in [6, 6.07) is 0. The molecule has 1 aromatic rings. The topological polar surface area (TPSA) is 71.9 Å². The normalized spacial score (nSPS) is 10.7. The van der Waals surface area contributed by atoms with E-state index in [1.54, 1.807) is 0 Å². The molecule has 7 heteroatoms. The Hall–Kier alpha value is -1.18. The zero-order chi connectivity index (χ0) is 14.3. The molecule has 1 heterocycles. The van der Waals surface area contributed by atoms with E-state index in [9.17, 15) is 4.79 Å². The van der Waals surface area contributed by atoms with Gasteiger partial charge in [-0.15, -0.1) is 0 Å². The maximum atomic E-state index is 11.2. The predicted octanol–water partition coefficient (Wildman–Crippen LogP) is 1.85. The molecule has 1 rings (SSSR count). The molecule has 0 unspecified atom stereocenters. The third kappa shape index (κ3) is 4.45. The highest BCUT2D eigenvalue weighted by atomic mass is 32.1. The van der Waals surface area contributed by atoms with E-state index in [0.29, 0.717) is 30.6 Å². The van der Waals surface area contributed by atoms with Crippen molar-refractivity contribution in [2.75, 3.05) is 38.3 Å². The zero-order valence-electron chi connectivity index (χ0n) is 11.5. The average Bonchev–Trinajstić information content (AvgIpc) is 2.79. The molecule has 0 fully saturated rings. The van der Waals surface area contributed by atoms with E-state index in [4.69, 9.17) is 14.6 Å². The summed E-state index contributed by atoms with van der Waals surface area (Å²) in [6.45, 7) is 6.88. The molecule has 0 spiro atoms. The molecule has 1 N–H and O–H groups in total. The van der Waals surface area contributed by atoms with Crippen LogP contribution in [0, 0.1) is 0 Å². The lowest BCUT2D eigenvalue weighted by Crippen LogP contribution is -2.27. The first-order chi connectivity index (χ1) is 9.13. The van der Waals surface area contributed by atoms with Crippen LogP contribution in [0.5, 0.6) is 0 Å². The van der Waals surface area contributed by atoms with Crippen LogP contribution in [0.2, 0.25) is 0 Å². The zero-order valence-corrected chi connectivity index (χ0v) is 12.3. The van der Waals surface area contributed by atoms with Gasteiger partial charge in [0.15, 0.2) is 5.13 Å². The maximum absolute atomic E-state index is 11.2. The highest BCUT2D eigenvalue weighted by molar-refractivity contribution is 7.17. The number of carboxylic acid groups (broad SMARTS) is 1. The van der Waals surface area contributed by atoms with E-state index in [1.807, 2.05) is 18.7 Å². The van der Waals surface area contributed by atoms with Crippen molar-refractivity contribution in [3.8, 4) is 0 Å². The Morgan fingerprint density at radius 3 is 2.74 bits per heavy atom. The van der Waals surface area contributed by atoms with E-state index >= 15 is 0 Å². The van der Waals surface area contributed by atoms with Crippen molar-refractivity contribution in [3.05, 3.63) is 10.6 Å². The number of hydrogen-bond acceptors (Lipinski definition) is 6. The number of aromatic nitrogens is 1. The number of nitrogens with zero attached hydrogens (tertiary/aromatic N) is 2. The van der Waals surface area contributed by atoms with Gasteiger partial charge >= 0.3 is 5.97 Å². The number of hydrogen-bond donors (Lipinski definition) is 1. The second-order valence-corrected chi connectivity index (χ2v) is 4.76. The molecular weight excluding hydrogens is 268 g/mol. The molecule has 0 bridgehead atoms. The number of thiazole rings is 1. The fourth-order valence-corrected chi connectivity index (χ4v) is 2.58. The Labute approximate surface area is 117 Å². The van der Waals surface area contributed by atoms with Gasteiger partial charge < -0.3 is 19.5 Å². The van der Waals surface area contributed by atoms with E-state index in [2.05, 4.69) is 4.98 Å².